The lowest BCUT2D eigenvalue weighted by Crippen LogP contribution is -2.34. The zero-order chi connectivity index (χ0) is 19.4. The lowest BCUT2D eigenvalue weighted by molar-refractivity contribution is -0.456. The summed E-state index contributed by atoms with van der Waals surface area (Å²) < 4.78 is 11.6. The van der Waals surface area contributed by atoms with Crippen LogP contribution >= 0.6 is 0 Å². The molecule has 3 rings (SSSR count). The molecule has 1 atom stereocenters. The van der Waals surface area contributed by atoms with Gasteiger partial charge in [-0.1, -0.05) is 24.3 Å². The molecule has 0 amide bonds. The number of rotatable bonds is 5. The van der Waals surface area contributed by atoms with Crippen LogP contribution in [0.5, 0.6) is 0 Å². The van der Waals surface area contributed by atoms with E-state index in [1.54, 1.807) is 37.4 Å². The van der Waals surface area contributed by atoms with Gasteiger partial charge in [-0.25, -0.2) is 4.79 Å². The van der Waals surface area contributed by atoms with Gasteiger partial charge in [-0.2, -0.15) is 4.58 Å². The predicted molar refractivity (Wildman–Crippen MR) is 98.4 cm³/mol. The molecule has 6 nitrogen and oxygen atoms in total. The van der Waals surface area contributed by atoms with Crippen molar-refractivity contribution in [3.05, 3.63) is 65.2 Å². The molecule has 138 valence electrons. The Morgan fingerprint density at radius 3 is 2.44 bits per heavy atom. The highest BCUT2D eigenvalue weighted by molar-refractivity contribution is 6.20. The number of hydrogen-bond donors (Lipinski definition) is 0. The number of nitrogens with zero attached hydrogens (tertiary/aromatic N) is 1. The van der Waals surface area contributed by atoms with Crippen molar-refractivity contribution >= 4 is 29.6 Å². The summed E-state index contributed by atoms with van der Waals surface area (Å²) in [6.07, 6.45) is 1.61. The van der Waals surface area contributed by atoms with E-state index >= 15 is 0 Å². The first kappa shape index (κ1) is 18.5. The monoisotopic (exact) mass is 366 g/mol. The summed E-state index contributed by atoms with van der Waals surface area (Å²) in [7, 11) is 1.34. The van der Waals surface area contributed by atoms with Crippen molar-refractivity contribution in [3.63, 3.8) is 0 Å². The molecule has 0 saturated heterocycles. The van der Waals surface area contributed by atoms with Gasteiger partial charge in [-0.05, 0) is 25.1 Å². The van der Waals surface area contributed by atoms with Crippen molar-refractivity contribution in [2.24, 2.45) is 5.92 Å². The van der Waals surface area contributed by atoms with Gasteiger partial charge in [0.15, 0.2) is 24.5 Å². The van der Waals surface area contributed by atoms with Crippen LogP contribution in [0.3, 0.4) is 0 Å². The number of hydrogen-bond acceptors (Lipinski definition) is 5. The molecule has 0 N–H and O–H groups in total. The first-order chi connectivity index (χ1) is 13.0. The molecule has 6 heteroatoms. The second-order valence-corrected chi connectivity index (χ2v) is 6.08. The van der Waals surface area contributed by atoms with Crippen LogP contribution in [0.15, 0.2) is 48.5 Å². The Labute approximate surface area is 157 Å². The van der Waals surface area contributed by atoms with E-state index in [-0.39, 0.29) is 12.4 Å². The van der Waals surface area contributed by atoms with Crippen LogP contribution in [0.25, 0.3) is 0 Å². The number of para-hydroxylation sites is 1. The third kappa shape index (κ3) is 3.79. The van der Waals surface area contributed by atoms with Crippen molar-refractivity contribution in [3.8, 4) is 0 Å². The molecule has 0 radical (unpaired) electrons. The number of fused-ring (bicyclic) bond motifs is 1. The molecular formula is C21H20NO5+. The van der Waals surface area contributed by atoms with Crippen LogP contribution in [0.1, 0.15) is 33.2 Å². The zero-order valence-electron chi connectivity index (χ0n) is 15.2. The summed E-state index contributed by atoms with van der Waals surface area (Å²) in [5.41, 5.74) is 2.61. The first-order valence-corrected chi connectivity index (χ1v) is 8.64. The van der Waals surface area contributed by atoms with Gasteiger partial charge >= 0.3 is 11.9 Å². The van der Waals surface area contributed by atoms with E-state index in [9.17, 15) is 14.4 Å². The minimum atomic E-state index is -0.964. The molecule has 0 aliphatic carbocycles. The van der Waals surface area contributed by atoms with Crippen molar-refractivity contribution in [2.75, 3.05) is 13.7 Å². The topological polar surface area (TPSA) is 72.7 Å². The fourth-order valence-electron chi connectivity index (χ4n) is 3.03. The number of esters is 2. The summed E-state index contributed by atoms with van der Waals surface area (Å²) in [4.78, 5) is 36.5. The van der Waals surface area contributed by atoms with E-state index in [0.29, 0.717) is 17.7 Å². The van der Waals surface area contributed by atoms with Crippen molar-refractivity contribution in [1.29, 1.82) is 0 Å². The molecule has 27 heavy (non-hydrogen) atoms. The Morgan fingerprint density at radius 2 is 1.78 bits per heavy atom. The zero-order valence-corrected chi connectivity index (χ0v) is 15.2. The molecule has 1 heterocycles. The van der Waals surface area contributed by atoms with Gasteiger partial charge in [-0.3, -0.25) is 9.59 Å². The van der Waals surface area contributed by atoms with Crippen molar-refractivity contribution in [1.82, 2.24) is 0 Å². The van der Waals surface area contributed by atoms with E-state index in [4.69, 9.17) is 9.47 Å². The molecule has 0 saturated carbocycles. The van der Waals surface area contributed by atoms with Gasteiger partial charge < -0.3 is 9.47 Å². The molecular weight excluding hydrogens is 346 g/mol. The van der Waals surface area contributed by atoms with Crippen LogP contribution in [0.2, 0.25) is 0 Å². The molecule has 1 aliphatic rings. The standard InChI is InChI=1S/C21H20NO5/c1-3-27-21(25)17-13-22(18-7-5-4-6-16(18)19(17)23)12-14-8-10-15(11-9-14)20(24)26-2/h4-11,13,17H,3,12H2,1-2H3/q+1. The van der Waals surface area contributed by atoms with Crippen molar-refractivity contribution < 1.29 is 28.4 Å². The van der Waals surface area contributed by atoms with Crippen LogP contribution in [0.4, 0.5) is 5.69 Å². The number of carbonyl (C=O) groups is 3. The third-order valence-corrected chi connectivity index (χ3v) is 4.36. The Balaban J connectivity index is 1.94. The maximum Gasteiger partial charge on any atom is 0.337 e. The number of ether oxygens (including phenoxy) is 2. The maximum atomic E-state index is 12.7. The predicted octanol–water partition coefficient (Wildman–Crippen LogP) is 2.76. The molecule has 0 bridgehead atoms. The maximum absolute atomic E-state index is 12.7. The minimum Gasteiger partial charge on any atom is -0.465 e. The summed E-state index contributed by atoms with van der Waals surface area (Å²) in [5.74, 6) is -2.18. The number of Topliss-reactive ketones (excluding diaryl/α,β-unsaturated/α-hetero) is 1. The van der Waals surface area contributed by atoms with Gasteiger partial charge in [0.2, 0.25) is 5.69 Å². The average Bonchev–Trinajstić information content (AvgIpc) is 2.70. The van der Waals surface area contributed by atoms with E-state index in [1.165, 1.54) is 7.11 Å². The Hall–Kier alpha value is -3.28. The second kappa shape index (κ2) is 7.95. The third-order valence-electron chi connectivity index (χ3n) is 4.36. The Kier molecular flexibility index (Phi) is 5.45. The first-order valence-electron chi connectivity index (χ1n) is 8.64. The minimum absolute atomic E-state index is 0.215. The lowest BCUT2D eigenvalue weighted by atomic mass is 9.93. The summed E-state index contributed by atoms with van der Waals surface area (Å²) in [5, 5.41) is 0. The summed E-state index contributed by atoms with van der Waals surface area (Å²) in [6.45, 7) is 2.37. The Morgan fingerprint density at radius 1 is 1.07 bits per heavy atom. The molecule has 1 unspecified atom stereocenters. The van der Waals surface area contributed by atoms with Gasteiger partial charge in [0, 0.05) is 11.6 Å². The molecule has 0 fully saturated rings. The largest absolute Gasteiger partial charge is 0.465 e. The van der Waals surface area contributed by atoms with Crippen LogP contribution in [0, 0.1) is 5.92 Å². The van der Waals surface area contributed by atoms with Crippen LogP contribution in [-0.2, 0) is 20.8 Å². The van der Waals surface area contributed by atoms with Crippen molar-refractivity contribution in [2.45, 2.75) is 13.5 Å². The normalized spacial score (nSPS) is 15.6. The fraction of sp³-hybridized carbons (Fsp3) is 0.238. The SMILES string of the molecule is CCOC(=O)C1C=[N+](Cc2ccc(C(=O)OC)cc2)c2ccccc2C1=O. The number of carbonyl (C=O) groups excluding carboxylic acids is 3. The van der Waals surface area contributed by atoms with Gasteiger partial charge in [0.1, 0.15) is 0 Å². The highest BCUT2D eigenvalue weighted by Gasteiger charge is 2.38. The van der Waals surface area contributed by atoms with Crippen LogP contribution < -0.4 is 0 Å². The van der Waals surface area contributed by atoms with E-state index < -0.39 is 17.9 Å². The van der Waals surface area contributed by atoms with E-state index in [1.807, 2.05) is 28.8 Å². The molecule has 2 aromatic carbocycles. The molecule has 2 aromatic rings. The second-order valence-electron chi connectivity index (χ2n) is 6.08. The van der Waals surface area contributed by atoms with Gasteiger partial charge in [-0.15, -0.1) is 0 Å². The van der Waals surface area contributed by atoms with Crippen LogP contribution in [-0.4, -0.2) is 42.2 Å². The fourth-order valence-corrected chi connectivity index (χ4v) is 3.03. The van der Waals surface area contributed by atoms with Gasteiger partial charge in [0.25, 0.3) is 0 Å². The summed E-state index contributed by atoms with van der Waals surface area (Å²) in [6, 6.07) is 14.2. The molecule has 0 aromatic heterocycles. The Bertz CT molecular complexity index is 914. The lowest BCUT2D eigenvalue weighted by Gasteiger charge is -2.17. The molecule has 1 aliphatic heterocycles. The van der Waals surface area contributed by atoms with Gasteiger partial charge in [0.05, 0.1) is 24.8 Å². The quantitative estimate of drug-likeness (QED) is 0.462. The smallest absolute Gasteiger partial charge is 0.337 e. The number of benzene rings is 2. The van der Waals surface area contributed by atoms with E-state index in [0.717, 1.165) is 11.3 Å². The van der Waals surface area contributed by atoms with E-state index in [2.05, 4.69) is 0 Å². The molecule has 0 spiro atoms. The number of methoxy groups -OCH3 is 1. The number of ketones is 1. The highest BCUT2D eigenvalue weighted by Crippen LogP contribution is 2.27. The highest BCUT2D eigenvalue weighted by atomic mass is 16.5. The average molecular weight is 366 g/mol. The summed E-state index contributed by atoms with van der Waals surface area (Å²) >= 11 is 0.